The summed E-state index contributed by atoms with van der Waals surface area (Å²) in [6.45, 7) is 3.41. The van der Waals surface area contributed by atoms with Crippen LogP contribution in [-0.4, -0.2) is 18.3 Å². The molecule has 0 aliphatic carbocycles. The summed E-state index contributed by atoms with van der Waals surface area (Å²) in [5, 5.41) is 2.27. The third kappa shape index (κ3) is 2.00. The molecule has 0 aliphatic rings. The van der Waals surface area contributed by atoms with E-state index in [0.717, 1.165) is 23.0 Å². The maximum Gasteiger partial charge on any atom is 0.125 e. The summed E-state index contributed by atoms with van der Waals surface area (Å²) in [7, 11) is 1.68. The molecule has 1 aromatic heterocycles. The lowest BCUT2D eigenvalue weighted by molar-refractivity contribution is 0.189. The van der Waals surface area contributed by atoms with E-state index < -0.39 is 0 Å². The van der Waals surface area contributed by atoms with Crippen molar-refractivity contribution in [2.24, 2.45) is 0 Å². The van der Waals surface area contributed by atoms with Gasteiger partial charge in [-0.25, -0.2) is 4.39 Å². The zero-order valence-corrected chi connectivity index (χ0v) is 11.1. The average molecular weight is 257 g/mol. The van der Waals surface area contributed by atoms with Gasteiger partial charge < -0.3 is 9.30 Å². The number of halogens is 1. The number of hydrogen-bond acceptors (Lipinski definition) is 1. The predicted octanol–water partition coefficient (Wildman–Crippen LogP) is 3.89. The van der Waals surface area contributed by atoms with Gasteiger partial charge in [0.05, 0.1) is 12.1 Å². The lowest BCUT2D eigenvalue weighted by Crippen LogP contribution is -2.03. The van der Waals surface area contributed by atoms with Crippen molar-refractivity contribution in [3.05, 3.63) is 47.8 Å². The summed E-state index contributed by atoms with van der Waals surface area (Å²) >= 11 is 0. The van der Waals surface area contributed by atoms with Gasteiger partial charge in [0.2, 0.25) is 0 Å². The van der Waals surface area contributed by atoms with E-state index in [-0.39, 0.29) is 5.82 Å². The maximum absolute atomic E-state index is 13.5. The van der Waals surface area contributed by atoms with Crippen LogP contribution in [0, 0.1) is 12.7 Å². The summed E-state index contributed by atoms with van der Waals surface area (Å²) in [6.07, 6.45) is 0. The molecule has 0 saturated carbocycles. The maximum atomic E-state index is 13.5. The van der Waals surface area contributed by atoms with Crippen molar-refractivity contribution in [2.75, 3.05) is 13.7 Å². The van der Waals surface area contributed by atoms with E-state index in [0.29, 0.717) is 6.61 Å². The Bertz CT molecular complexity index is 745. The molecule has 0 aliphatic heterocycles. The Labute approximate surface area is 111 Å². The van der Waals surface area contributed by atoms with Crippen molar-refractivity contribution in [1.29, 1.82) is 0 Å². The lowest BCUT2D eigenvalue weighted by Gasteiger charge is -2.06. The molecule has 0 radical (unpaired) electrons. The lowest BCUT2D eigenvalue weighted by atomic mass is 10.1. The van der Waals surface area contributed by atoms with Gasteiger partial charge in [-0.15, -0.1) is 0 Å². The fraction of sp³-hybridized carbons (Fsp3) is 0.250. The molecule has 19 heavy (non-hydrogen) atoms. The van der Waals surface area contributed by atoms with E-state index in [1.54, 1.807) is 13.2 Å². The minimum absolute atomic E-state index is 0.203. The molecular formula is C16H16FNO. The third-order valence-electron chi connectivity index (χ3n) is 3.50. The van der Waals surface area contributed by atoms with Gasteiger partial charge in [-0.1, -0.05) is 11.6 Å². The van der Waals surface area contributed by atoms with Crippen molar-refractivity contribution in [3.63, 3.8) is 0 Å². The van der Waals surface area contributed by atoms with Crippen LogP contribution in [0.5, 0.6) is 0 Å². The highest BCUT2D eigenvalue weighted by Crippen LogP contribution is 2.30. The molecule has 0 N–H and O–H groups in total. The summed E-state index contributed by atoms with van der Waals surface area (Å²) in [4.78, 5) is 0. The molecule has 3 aromatic rings. The summed E-state index contributed by atoms with van der Waals surface area (Å²) < 4.78 is 20.8. The fourth-order valence-electron chi connectivity index (χ4n) is 2.61. The summed E-state index contributed by atoms with van der Waals surface area (Å²) in [5.74, 6) is -0.203. The number of ether oxygens (including phenoxy) is 1. The number of rotatable bonds is 3. The molecule has 98 valence electrons. The van der Waals surface area contributed by atoms with Crippen LogP contribution in [0.3, 0.4) is 0 Å². The molecule has 0 amide bonds. The monoisotopic (exact) mass is 257 g/mol. The Kier molecular flexibility index (Phi) is 2.99. The van der Waals surface area contributed by atoms with Crippen LogP contribution in [0.25, 0.3) is 21.8 Å². The number of aryl methyl sites for hydroxylation is 1. The van der Waals surface area contributed by atoms with E-state index >= 15 is 0 Å². The van der Waals surface area contributed by atoms with E-state index in [1.165, 1.54) is 17.0 Å². The predicted molar refractivity (Wildman–Crippen MR) is 76.0 cm³/mol. The van der Waals surface area contributed by atoms with Gasteiger partial charge in [-0.3, -0.25) is 0 Å². The van der Waals surface area contributed by atoms with Crippen LogP contribution >= 0.6 is 0 Å². The smallest absolute Gasteiger partial charge is 0.125 e. The SMILES string of the molecule is COCCn1c2ccc(C)cc2c2ccc(F)cc21. The molecule has 0 saturated heterocycles. The molecule has 0 fully saturated rings. The highest BCUT2D eigenvalue weighted by molar-refractivity contribution is 6.08. The summed E-state index contributed by atoms with van der Waals surface area (Å²) in [6, 6.07) is 11.3. The van der Waals surface area contributed by atoms with Crippen LogP contribution in [-0.2, 0) is 11.3 Å². The zero-order chi connectivity index (χ0) is 13.4. The highest BCUT2D eigenvalue weighted by atomic mass is 19.1. The molecule has 0 unspecified atom stereocenters. The van der Waals surface area contributed by atoms with E-state index in [9.17, 15) is 4.39 Å². The average Bonchev–Trinajstić information content (AvgIpc) is 2.69. The van der Waals surface area contributed by atoms with Crippen LogP contribution in [0.4, 0.5) is 4.39 Å². The minimum Gasteiger partial charge on any atom is -0.383 e. The first-order chi connectivity index (χ1) is 9.20. The first-order valence-corrected chi connectivity index (χ1v) is 6.38. The molecule has 3 heteroatoms. The molecule has 3 rings (SSSR count). The molecule has 0 atom stereocenters. The quantitative estimate of drug-likeness (QED) is 0.694. The summed E-state index contributed by atoms with van der Waals surface area (Å²) in [5.41, 5.74) is 3.27. The van der Waals surface area contributed by atoms with Gasteiger partial charge >= 0.3 is 0 Å². The Morgan fingerprint density at radius 1 is 1.05 bits per heavy atom. The van der Waals surface area contributed by atoms with Gasteiger partial charge in [0.15, 0.2) is 0 Å². The number of methoxy groups -OCH3 is 1. The molecular weight excluding hydrogens is 241 g/mol. The van der Waals surface area contributed by atoms with Crippen LogP contribution in [0.15, 0.2) is 36.4 Å². The Hall–Kier alpha value is -1.87. The first kappa shape index (κ1) is 12.2. The first-order valence-electron chi connectivity index (χ1n) is 6.38. The van der Waals surface area contributed by atoms with Gasteiger partial charge in [0.25, 0.3) is 0 Å². The Balaban J connectivity index is 2.36. The van der Waals surface area contributed by atoms with Crippen molar-refractivity contribution in [3.8, 4) is 0 Å². The van der Waals surface area contributed by atoms with Crippen molar-refractivity contribution in [1.82, 2.24) is 4.57 Å². The van der Waals surface area contributed by atoms with Crippen LogP contribution in [0.2, 0.25) is 0 Å². The fourth-order valence-corrected chi connectivity index (χ4v) is 2.61. The van der Waals surface area contributed by atoms with Crippen molar-refractivity contribution >= 4 is 21.8 Å². The molecule has 2 aromatic carbocycles. The molecule has 2 nitrogen and oxygen atoms in total. The van der Waals surface area contributed by atoms with E-state index in [4.69, 9.17) is 4.74 Å². The van der Waals surface area contributed by atoms with E-state index in [2.05, 4.69) is 29.7 Å². The van der Waals surface area contributed by atoms with Crippen LogP contribution in [0.1, 0.15) is 5.56 Å². The standard InChI is InChI=1S/C16H16FNO/c1-11-3-6-15-14(9-11)13-5-4-12(17)10-16(13)18(15)7-8-19-2/h3-6,9-10H,7-8H2,1-2H3. The highest BCUT2D eigenvalue weighted by Gasteiger charge is 2.11. The molecule has 0 spiro atoms. The van der Waals surface area contributed by atoms with Gasteiger partial charge in [-0.05, 0) is 37.3 Å². The topological polar surface area (TPSA) is 14.2 Å². The zero-order valence-electron chi connectivity index (χ0n) is 11.1. The Morgan fingerprint density at radius 3 is 2.68 bits per heavy atom. The van der Waals surface area contributed by atoms with E-state index in [1.807, 2.05) is 6.07 Å². The molecule has 0 bridgehead atoms. The number of aromatic nitrogens is 1. The number of nitrogens with zero attached hydrogens (tertiary/aromatic N) is 1. The largest absolute Gasteiger partial charge is 0.383 e. The van der Waals surface area contributed by atoms with Crippen molar-refractivity contribution in [2.45, 2.75) is 13.5 Å². The molecule has 1 heterocycles. The van der Waals surface area contributed by atoms with Gasteiger partial charge in [0, 0.05) is 29.9 Å². The van der Waals surface area contributed by atoms with Gasteiger partial charge in [0.1, 0.15) is 5.82 Å². The second kappa shape index (κ2) is 4.67. The number of benzene rings is 2. The second-order valence-corrected chi connectivity index (χ2v) is 4.83. The third-order valence-corrected chi connectivity index (χ3v) is 3.50. The number of fused-ring (bicyclic) bond motifs is 3. The Morgan fingerprint density at radius 2 is 1.89 bits per heavy atom. The van der Waals surface area contributed by atoms with Crippen molar-refractivity contribution < 1.29 is 9.13 Å². The normalized spacial score (nSPS) is 11.5. The second-order valence-electron chi connectivity index (χ2n) is 4.83. The van der Waals surface area contributed by atoms with Gasteiger partial charge in [-0.2, -0.15) is 0 Å². The van der Waals surface area contributed by atoms with Crippen LogP contribution < -0.4 is 0 Å². The number of hydrogen-bond donors (Lipinski definition) is 0. The minimum atomic E-state index is -0.203.